The molecule has 0 aromatic rings. The molecule has 1 heterocycles. The van der Waals surface area contributed by atoms with Crippen LogP contribution in [0.25, 0.3) is 0 Å². The fourth-order valence-electron chi connectivity index (χ4n) is 0.913. The minimum Gasteiger partial charge on any atom is -0.391 e. The maximum Gasteiger partial charge on any atom is 0.112 e. The first kappa shape index (κ1) is 6.99. The monoisotopic (exact) mass is 132 g/mol. The molecule has 0 saturated carbocycles. The molecule has 2 N–H and O–H groups in total. The van der Waals surface area contributed by atoms with Gasteiger partial charge in [0.25, 0.3) is 0 Å². The van der Waals surface area contributed by atoms with E-state index in [9.17, 15) is 0 Å². The van der Waals surface area contributed by atoms with Crippen molar-refractivity contribution in [2.45, 2.75) is 38.3 Å². The van der Waals surface area contributed by atoms with Crippen molar-refractivity contribution >= 4 is 0 Å². The summed E-state index contributed by atoms with van der Waals surface area (Å²) in [6.07, 6.45) is -1.18. The number of epoxide rings is 1. The van der Waals surface area contributed by atoms with Gasteiger partial charge in [-0.05, 0) is 13.8 Å². The predicted molar refractivity (Wildman–Crippen MR) is 32.0 cm³/mol. The first-order valence-electron chi connectivity index (χ1n) is 3.14. The van der Waals surface area contributed by atoms with Gasteiger partial charge < -0.3 is 14.9 Å². The molecule has 0 radical (unpaired) electrons. The first-order chi connectivity index (χ1) is 4.13. The van der Waals surface area contributed by atoms with Gasteiger partial charge in [0.05, 0.1) is 12.2 Å². The van der Waals surface area contributed by atoms with E-state index in [1.54, 1.807) is 13.8 Å². The van der Waals surface area contributed by atoms with Crippen LogP contribution in [0, 0.1) is 0 Å². The third kappa shape index (κ3) is 1.41. The van der Waals surface area contributed by atoms with E-state index in [1.165, 1.54) is 0 Å². The lowest BCUT2D eigenvalue weighted by Crippen LogP contribution is -2.18. The molecule has 9 heavy (non-hydrogen) atoms. The van der Waals surface area contributed by atoms with Crippen LogP contribution < -0.4 is 0 Å². The molecule has 0 amide bonds. The van der Waals surface area contributed by atoms with E-state index in [0.29, 0.717) is 0 Å². The van der Waals surface area contributed by atoms with Gasteiger partial charge in [-0.3, -0.25) is 0 Å². The number of hydrogen-bond acceptors (Lipinski definition) is 3. The summed E-state index contributed by atoms with van der Waals surface area (Å²) in [5.41, 5.74) is 0. The summed E-state index contributed by atoms with van der Waals surface area (Å²) in [6.45, 7) is 3.32. The lowest BCUT2D eigenvalue weighted by atomic mass is 10.1. The summed E-state index contributed by atoms with van der Waals surface area (Å²) in [7, 11) is 0. The molecule has 1 rings (SSSR count). The minimum atomic E-state index is -0.454. The number of ether oxygens (including phenoxy) is 1. The van der Waals surface area contributed by atoms with E-state index in [4.69, 9.17) is 14.9 Å². The van der Waals surface area contributed by atoms with Crippen molar-refractivity contribution in [1.29, 1.82) is 0 Å². The molecule has 0 aliphatic carbocycles. The maximum absolute atomic E-state index is 8.88. The molecular weight excluding hydrogens is 120 g/mol. The van der Waals surface area contributed by atoms with Crippen molar-refractivity contribution in [1.82, 2.24) is 0 Å². The second-order valence-corrected chi connectivity index (χ2v) is 2.55. The average Bonchev–Trinajstić information content (AvgIpc) is 2.39. The highest BCUT2D eigenvalue weighted by molar-refractivity contribution is 4.91. The van der Waals surface area contributed by atoms with Crippen molar-refractivity contribution in [2.24, 2.45) is 0 Å². The third-order valence-corrected chi connectivity index (χ3v) is 1.51. The molecule has 4 unspecified atom stereocenters. The molecule has 3 nitrogen and oxygen atoms in total. The van der Waals surface area contributed by atoms with Gasteiger partial charge in [0, 0.05) is 0 Å². The molecule has 1 aliphatic heterocycles. The molecule has 1 saturated heterocycles. The summed E-state index contributed by atoms with van der Waals surface area (Å²) in [4.78, 5) is 0. The highest BCUT2D eigenvalue weighted by Crippen LogP contribution is 2.27. The number of aliphatic hydroxyl groups excluding tert-OH is 2. The Hall–Kier alpha value is -0.120. The SMILES string of the molecule is CC(O)C1OC1C(C)O. The number of hydrogen-bond donors (Lipinski definition) is 2. The largest absolute Gasteiger partial charge is 0.391 e. The Labute approximate surface area is 54.3 Å². The Morgan fingerprint density at radius 2 is 1.44 bits per heavy atom. The Bertz CT molecular complexity index is 88.5. The van der Waals surface area contributed by atoms with E-state index >= 15 is 0 Å². The summed E-state index contributed by atoms with van der Waals surface area (Å²) < 4.78 is 4.94. The van der Waals surface area contributed by atoms with Crippen LogP contribution in [0.5, 0.6) is 0 Å². The van der Waals surface area contributed by atoms with Crippen LogP contribution in [0.3, 0.4) is 0 Å². The van der Waals surface area contributed by atoms with Gasteiger partial charge in [0.2, 0.25) is 0 Å². The van der Waals surface area contributed by atoms with Crippen LogP contribution in [0.15, 0.2) is 0 Å². The molecule has 0 bridgehead atoms. The van der Waals surface area contributed by atoms with E-state index in [0.717, 1.165) is 0 Å². The van der Waals surface area contributed by atoms with Crippen molar-refractivity contribution in [3.05, 3.63) is 0 Å². The molecule has 54 valence electrons. The van der Waals surface area contributed by atoms with Crippen LogP contribution in [0.4, 0.5) is 0 Å². The standard InChI is InChI=1S/C6H12O3/c1-3(7)5-6(9-5)4(2)8/h3-8H,1-2H3. The van der Waals surface area contributed by atoms with E-state index < -0.39 is 12.2 Å². The Morgan fingerprint density at radius 1 is 1.11 bits per heavy atom. The molecule has 0 spiro atoms. The fourth-order valence-corrected chi connectivity index (χ4v) is 0.913. The summed E-state index contributed by atoms with van der Waals surface area (Å²) >= 11 is 0. The summed E-state index contributed by atoms with van der Waals surface area (Å²) in [6, 6.07) is 0. The van der Waals surface area contributed by atoms with Gasteiger partial charge in [-0.15, -0.1) is 0 Å². The fraction of sp³-hybridized carbons (Fsp3) is 1.00. The van der Waals surface area contributed by atoms with Crippen molar-refractivity contribution in [3.63, 3.8) is 0 Å². The minimum absolute atomic E-state index is 0.134. The highest BCUT2D eigenvalue weighted by atomic mass is 16.6. The van der Waals surface area contributed by atoms with Crippen molar-refractivity contribution in [2.75, 3.05) is 0 Å². The molecule has 4 atom stereocenters. The zero-order valence-electron chi connectivity index (χ0n) is 5.61. The molecule has 0 aromatic heterocycles. The second kappa shape index (κ2) is 2.25. The van der Waals surface area contributed by atoms with E-state index in [2.05, 4.69) is 0 Å². The van der Waals surface area contributed by atoms with Gasteiger partial charge in [-0.2, -0.15) is 0 Å². The lowest BCUT2D eigenvalue weighted by Gasteiger charge is -1.98. The van der Waals surface area contributed by atoms with Crippen LogP contribution in [-0.4, -0.2) is 34.6 Å². The predicted octanol–water partition coefficient (Wildman–Crippen LogP) is -0.485. The van der Waals surface area contributed by atoms with Gasteiger partial charge >= 0.3 is 0 Å². The van der Waals surface area contributed by atoms with Crippen LogP contribution in [-0.2, 0) is 4.74 Å². The van der Waals surface area contributed by atoms with Gasteiger partial charge in [0.1, 0.15) is 12.2 Å². The highest BCUT2D eigenvalue weighted by Gasteiger charge is 2.45. The zero-order chi connectivity index (χ0) is 7.02. The Morgan fingerprint density at radius 3 is 1.56 bits per heavy atom. The van der Waals surface area contributed by atoms with Gasteiger partial charge in [-0.25, -0.2) is 0 Å². The topological polar surface area (TPSA) is 53.0 Å². The van der Waals surface area contributed by atoms with E-state index in [-0.39, 0.29) is 12.2 Å². The quantitative estimate of drug-likeness (QED) is 0.499. The molecule has 0 aromatic carbocycles. The molecular formula is C6H12O3. The van der Waals surface area contributed by atoms with Crippen LogP contribution >= 0.6 is 0 Å². The van der Waals surface area contributed by atoms with Crippen molar-refractivity contribution < 1.29 is 14.9 Å². The summed E-state index contributed by atoms with van der Waals surface area (Å²) in [5, 5.41) is 17.8. The first-order valence-corrected chi connectivity index (χ1v) is 3.14. The van der Waals surface area contributed by atoms with Gasteiger partial charge in [0.15, 0.2) is 0 Å². The average molecular weight is 132 g/mol. The lowest BCUT2D eigenvalue weighted by molar-refractivity contribution is 0.146. The third-order valence-electron chi connectivity index (χ3n) is 1.51. The molecule has 3 heteroatoms. The van der Waals surface area contributed by atoms with Gasteiger partial charge in [-0.1, -0.05) is 0 Å². The normalized spacial score (nSPS) is 40.0. The zero-order valence-corrected chi connectivity index (χ0v) is 5.61. The second-order valence-electron chi connectivity index (χ2n) is 2.55. The molecule has 1 fully saturated rings. The summed E-state index contributed by atoms with van der Waals surface area (Å²) in [5.74, 6) is 0. The number of rotatable bonds is 2. The van der Waals surface area contributed by atoms with Crippen LogP contribution in [0.2, 0.25) is 0 Å². The molecule has 1 aliphatic rings. The van der Waals surface area contributed by atoms with Crippen molar-refractivity contribution in [3.8, 4) is 0 Å². The Kier molecular flexibility index (Phi) is 1.75. The smallest absolute Gasteiger partial charge is 0.112 e. The maximum atomic E-state index is 8.88. The Balaban J connectivity index is 2.24. The van der Waals surface area contributed by atoms with E-state index in [1.807, 2.05) is 0 Å². The number of aliphatic hydroxyl groups is 2. The van der Waals surface area contributed by atoms with Crippen LogP contribution in [0.1, 0.15) is 13.8 Å².